The molecule has 0 saturated carbocycles. The fourth-order valence-corrected chi connectivity index (χ4v) is 2.86. The minimum absolute atomic E-state index is 0.0137. The van der Waals surface area contributed by atoms with Crippen LogP contribution in [-0.2, 0) is 0 Å². The van der Waals surface area contributed by atoms with Gasteiger partial charge in [-0.1, -0.05) is 24.3 Å². The number of hydrogen-bond donors (Lipinski definition) is 1. The third-order valence-corrected chi connectivity index (χ3v) is 4.36. The zero-order chi connectivity index (χ0) is 21.8. The van der Waals surface area contributed by atoms with E-state index in [2.05, 4.69) is 15.2 Å². The highest BCUT2D eigenvalue weighted by atomic mass is 19.3. The van der Waals surface area contributed by atoms with Crippen molar-refractivity contribution in [2.75, 3.05) is 0 Å². The molecule has 0 aliphatic rings. The molecule has 0 aliphatic carbocycles. The minimum atomic E-state index is -2.93. The van der Waals surface area contributed by atoms with E-state index in [-0.39, 0.29) is 11.4 Å². The number of aromatic nitrogens is 2. The summed E-state index contributed by atoms with van der Waals surface area (Å²) in [5, 5.41) is 6.67. The average Bonchev–Trinajstić information content (AvgIpc) is 2.69. The van der Waals surface area contributed by atoms with Gasteiger partial charge in [-0.2, -0.15) is 13.9 Å². The summed E-state index contributed by atoms with van der Waals surface area (Å²) < 4.78 is 44.1. The number of ether oxygens (including phenoxy) is 1. The predicted molar refractivity (Wildman–Crippen MR) is 103 cm³/mol. The zero-order valence-corrected chi connectivity index (χ0v) is 16.1. The molecule has 1 N–H and O–H groups in total. The normalized spacial score (nSPS) is 11.9. The fraction of sp³-hybridized carbons (Fsp3) is 0.190. The van der Waals surface area contributed by atoms with E-state index in [1.807, 2.05) is 0 Å². The number of alkyl halides is 2. The van der Waals surface area contributed by atoms with E-state index in [1.165, 1.54) is 53.2 Å². The Morgan fingerprint density at radius 2 is 1.80 bits per heavy atom. The van der Waals surface area contributed by atoms with Crippen LogP contribution in [0.5, 0.6) is 5.75 Å². The Morgan fingerprint density at radius 3 is 2.43 bits per heavy atom. The van der Waals surface area contributed by atoms with Crippen molar-refractivity contribution in [1.29, 1.82) is 0 Å². The first-order valence-electron chi connectivity index (χ1n) is 8.98. The van der Waals surface area contributed by atoms with Gasteiger partial charge in [0.25, 0.3) is 5.91 Å². The Balaban J connectivity index is 1.84. The number of para-hydroxylation sites is 1. The van der Waals surface area contributed by atoms with Crippen molar-refractivity contribution in [2.45, 2.75) is 26.5 Å². The molecule has 0 radical (unpaired) electrons. The van der Waals surface area contributed by atoms with Crippen molar-refractivity contribution in [3.05, 3.63) is 87.6 Å². The second-order valence-corrected chi connectivity index (χ2v) is 6.50. The van der Waals surface area contributed by atoms with Crippen LogP contribution in [0.25, 0.3) is 5.69 Å². The number of carbonyl (C=O) groups is 1. The lowest BCUT2D eigenvalue weighted by atomic mass is 10.1. The van der Waals surface area contributed by atoms with Gasteiger partial charge < -0.3 is 10.1 Å². The van der Waals surface area contributed by atoms with E-state index in [0.29, 0.717) is 11.3 Å². The molecule has 156 valence electrons. The summed E-state index contributed by atoms with van der Waals surface area (Å²) in [5.74, 6) is -1.31. The highest BCUT2D eigenvalue weighted by molar-refractivity contribution is 5.92. The maximum absolute atomic E-state index is 14.1. The number of hydrogen-bond acceptors (Lipinski definition) is 4. The largest absolute Gasteiger partial charge is 0.435 e. The molecule has 2 aromatic carbocycles. The van der Waals surface area contributed by atoms with Crippen molar-refractivity contribution < 1.29 is 22.7 Å². The van der Waals surface area contributed by atoms with Gasteiger partial charge in [-0.05, 0) is 43.7 Å². The minimum Gasteiger partial charge on any atom is -0.435 e. The van der Waals surface area contributed by atoms with Gasteiger partial charge in [0, 0.05) is 11.8 Å². The van der Waals surface area contributed by atoms with E-state index in [1.54, 1.807) is 19.9 Å². The average molecular weight is 417 g/mol. The van der Waals surface area contributed by atoms with E-state index in [9.17, 15) is 22.8 Å². The van der Waals surface area contributed by atoms with Crippen molar-refractivity contribution in [1.82, 2.24) is 15.1 Å². The quantitative estimate of drug-likeness (QED) is 0.663. The van der Waals surface area contributed by atoms with Gasteiger partial charge in [0.2, 0.25) is 5.43 Å². The molecule has 9 heteroatoms. The van der Waals surface area contributed by atoms with Gasteiger partial charge in [0.15, 0.2) is 5.69 Å². The van der Waals surface area contributed by atoms with E-state index in [0.717, 1.165) is 0 Å². The first-order chi connectivity index (χ1) is 14.3. The van der Waals surface area contributed by atoms with Crippen molar-refractivity contribution in [3.8, 4) is 11.4 Å². The monoisotopic (exact) mass is 417 g/mol. The number of benzene rings is 2. The van der Waals surface area contributed by atoms with Gasteiger partial charge in [-0.15, -0.1) is 0 Å². The summed E-state index contributed by atoms with van der Waals surface area (Å²) in [6.45, 7) is 0.302. The molecule has 3 aromatic rings. The number of rotatable bonds is 6. The number of aryl methyl sites for hydroxylation is 1. The highest BCUT2D eigenvalue weighted by Crippen LogP contribution is 2.19. The maximum atomic E-state index is 14.1. The smallest absolute Gasteiger partial charge is 0.387 e. The Hall–Kier alpha value is -3.62. The molecule has 0 unspecified atom stereocenters. The number of nitrogens with zero attached hydrogens (tertiary/aromatic N) is 2. The summed E-state index contributed by atoms with van der Waals surface area (Å²) in [6, 6.07) is 12.2. The number of amides is 1. The number of carbonyl (C=O) groups excluding carboxylic acids is 1. The molecule has 1 aromatic heterocycles. The lowest BCUT2D eigenvalue weighted by molar-refractivity contribution is -0.0498. The van der Waals surface area contributed by atoms with Crippen LogP contribution in [0.15, 0.2) is 59.4 Å². The predicted octanol–water partition coefficient (Wildman–Crippen LogP) is 3.77. The molecule has 0 spiro atoms. The van der Waals surface area contributed by atoms with Gasteiger partial charge in [0.05, 0.1) is 6.04 Å². The van der Waals surface area contributed by atoms with Crippen LogP contribution >= 0.6 is 0 Å². The van der Waals surface area contributed by atoms with Crippen LogP contribution in [-0.4, -0.2) is 22.3 Å². The Kier molecular flexibility index (Phi) is 6.20. The number of nitrogens with one attached hydrogen (secondary N) is 1. The van der Waals surface area contributed by atoms with Crippen LogP contribution in [0.4, 0.5) is 13.2 Å². The Morgan fingerprint density at radius 1 is 1.13 bits per heavy atom. The highest BCUT2D eigenvalue weighted by Gasteiger charge is 2.19. The Labute approximate surface area is 169 Å². The first kappa shape index (κ1) is 21.1. The molecule has 0 bridgehead atoms. The lowest BCUT2D eigenvalue weighted by Crippen LogP contribution is -2.33. The summed E-state index contributed by atoms with van der Waals surface area (Å²) in [4.78, 5) is 24.9. The number of halogens is 3. The fourth-order valence-electron chi connectivity index (χ4n) is 2.86. The summed E-state index contributed by atoms with van der Waals surface area (Å²) >= 11 is 0. The molecule has 3 rings (SSSR count). The zero-order valence-electron chi connectivity index (χ0n) is 16.1. The maximum Gasteiger partial charge on any atom is 0.387 e. The van der Waals surface area contributed by atoms with E-state index >= 15 is 0 Å². The second kappa shape index (κ2) is 8.81. The first-order valence-corrected chi connectivity index (χ1v) is 8.98. The van der Waals surface area contributed by atoms with Crippen molar-refractivity contribution in [2.24, 2.45) is 0 Å². The van der Waals surface area contributed by atoms with Gasteiger partial charge in [0.1, 0.15) is 17.3 Å². The van der Waals surface area contributed by atoms with Gasteiger partial charge in [-0.3, -0.25) is 9.59 Å². The topological polar surface area (TPSA) is 73.2 Å². The molecule has 1 amide bonds. The molecule has 0 fully saturated rings. The van der Waals surface area contributed by atoms with E-state index < -0.39 is 35.5 Å². The summed E-state index contributed by atoms with van der Waals surface area (Å²) in [7, 11) is 0. The molecule has 30 heavy (non-hydrogen) atoms. The van der Waals surface area contributed by atoms with Crippen LogP contribution in [0.1, 0.15) is 34.7 Å². The van der Waals surface area contributed by atoms with Gasteiger partial charge >= 0.3 is 6.61 Å². The van der Waals surface area contributed by atoms with Gasteiger partial charge in [-0.25, -0.2) is 9.07 Å². The SMILES string of the molecule is Cc1cc(=O)c(C(=O)N[C@@H](C)c2ccc(OC(F)F)cc2)nn1-c1ccccc1F. The molecule has 1 atom stereocenters. The van der Waals surface area contributed by atoms with Crippen molar-refractivity contribution >= 4 is 5.91 Å². The standard InChI is InChI=1S/C21H18F3N3O3/c1-12-11-18(28)19(26-27(12)17-6-4-3-5-16(17)22)20(29)25-13(2)14-7-9-15(10-8-14)30-21(23)24/h3-11,13,21H,1-2H3,(H,25,29)/t13-/m0/s1. The van der Waals surface area contributed by atoms with Crippen LogP contribution in [0.3, 0.4) is 0 Å². The third-order valence-electron chi connectivity index (χ3n) is 4.36. The van der Waals surface area contributed by atoms with Crippen LogP contribution in [0.2, 0.25) is 0 Å². The van der Waals surface area contributed by atoms with E-state index in [4.69, 9.17) is 0 Å². The lowest BCUT2D eigenvalue weighted by Gasteiger charge is -2.16. The molecule has 1 heterocycles. The molecule has 6 nitrogen and oxygen atoms in total. The summed E-state index contributed by atoms with van der Waals surface area (Å²) in [6.07, 6.45) is 0. The molecular formula is C21H18F3N3O3. The molecule has 0 saturated heterocycles. The summed E-state index contributed by atoms with van der Waals surface area (Å²) in [5.41, 5.74) is 0.0707. The molecule has 0 aliphatic heterocycles. The molecular weight excluding hydrogens is 399 g/mol. The van der Waals surface area contributed by atoms with Crippen molar-refractivity contribution in [3.63, 3.8) is 0 Å². The Bertz CT molecular complexity index is 1110. The van der Waals surface area contributed by atoms with Crippen LogP contribution < -0.4 is 15.5 Å². The third kappa shape index (κ3) is 4.68. The van der Waals surface area contributed by atoms with Crippen LogP contribution in [0, 0.1) is 12.7 Å². The second-order valence-electron chi connectivity index (χ2n) is 6.50.